The van der Waals surface area contributed by atoms with Gasteiger partial charge < -0.3 is 23.7 Å². The Hall–Kier alpha value is -0.586. The highest BCUT2D eigenvalue weighted by Gasteiger charge is 2.38. The largest absolute Gasteiger partial charge is 0.378 e. The van der Waals surface area contributed by atoms with Gasteiger partial charge in [-0.15, -0.1) is 0 Å². The van der Waals surface area contributed by atoms with Gasteiger partial charge in [-0.05, 0) is 5.56 Å². The number of ether oxygens (including phenoxy) is 5. The smallest absolute Gasteiger partial charge is 0.0736 e. The molecule has 1 fully saturated rings. The Morgan fingerprint density at radius 1 is 0.594 bits per heavy atom. The van der Waals surface area contributed by atoms with Gasteiger partial charge in [0.2, 0.25) is 0 Å². The molecule has 1 aromatic carbocycles. The zero-order chi connectivity index (χ0) is 23.3. The molecule has 6 nitrogen and oxygen atoms in total. The molecular formula is C24H45NO5Si2. The van der Waals surface area contributed by atoms with Crippen molar-refractivity contribution in [3.8, 4) is 0 Å². The summed E-state index contributed by atoms with van der Waals surface area (Å²) in [7, 11) is -2.53. The van der Waals surface area contributed by atoms with E-state index >= 15 is 0 Å². The molecule has 1 aliphatic heterocycles. The molecule has 0 aliphatic carbocycles. The van der Waals surface area contributed by atoms with Crippen LogP contribution in [0.15, 0.2) is 24.3 Å². The third kappa shape index (κ3) is 10.1. The fraction of sp³-hybridized carbons (Fsp3) is 0.750. The van der Waals surface area contributed by atoms with E-state index in [1.165, 1.54) is 5.56 Å². The van der Waals surface area contributed by atoms with Crippen LogP contribution < -0.4 is 5.19 Å². The molecule has 32 heavy (non-hydrogen) atoms. The molecule has 0 spiro atoms. The van der Waals surface area contributed by atoms with E-state index in [0.29, 0.717) is 66.1 Å². The van der Waals surface area contributed by atoms with Crippen LogP contribution in [0.25, 0.3) is 0 Å². The van der Waals surface area contributed by atoms with Gasteiger partial charge in [-0.2, -0.15) is 0 Å². The summed E-state index contributed by atoms with van der Waals surface area (Å²) in [4.78, 5) is 2.41. The molecule has 1 saturated heterocycles. The zero-order valence-corrected chi connectivity index (χ0v) is 23.0. The van der Waals surface area contributed by atoms with Crippen molar-refractivity contribution in [3.05, 3.63) is 29.8 Å². The van der Waals surface area contributed by atoms with Crippen molar-refractivity contribution in [1.29, 1.82) is 0 Å². The lowest BCUT2D eigenvalue weighted by molar-refractivity contribution is -0.0189. The van der Waals surface area contributed by atoms with Crippen LogP contribution in [0.3, 0.4) is 0 Å². The van der Waals surface area contributed by atoms with Crippen LogP contribution in [0.2, 0.25) is 32.7 Å². The van der Waals surface area contributed by atoms with E-state index in [0.717, 1.165) is 19.6 Å². The summed E-state index contributed by atoms with van der Waals surface area (Å²) in [5.41, 5.74) is 1.35. The maximum Gasteiger partial charge on any atom is 0.0736 e. The summed E-state index contributed by atoms with van der Waals surface area (Å²) < 4.78 is 28.1. The van der Waals surface area contributed by atoms with Crippen LogP contribution in [0.5, 0.6) is 0 Å². The van der Waals surface area contributed by atoms with Crippen molar-refractivity contribution < 1.29 is 23.7 Å². The van der Waals surface area contributed by atoms with E-state index < -0.39 is 15.2 Å². The van der Waals surface area contributed by atoms with Crippen LogP contribution in [-0.2, 0) is 30.2 Å². The number of benzene rings is 1. The van der Waals surface area contributed by atoms with Crippen molar-refractivity contribution in [2.75, 3.05) is 79.2 Å². The highest BCUT2D eigenvalue weighted by atomic mass is 29.3. The lowest BCUT2D eigenvalue weighted by Crippen LogP contribution is -2.61. The van der Waals surface area contributed by atoms with Gasteiger partial charge in [0.1, 0.15) is 0 Å². The highest BCUT2D eigenvalue weighted by molar-refractivity contribution is 7.45. The maximum absolute atomic E-state index is 5.79. The van der Waals surface area contributed by atoms with Gasteiger partial charge >= 0.3 is 0 Å². The molecule has 184 valence electrons. The molecule has 0 unspecified atom stereocenters. The molecule has 8 heteroatoms. The summed E-state index contributed by atoms with van der Waals surface area (Å²) in [5.74, 6) is 0. The first-order chi connectivity index (χ1) is 15.3. The lowest BCUT2D eigenvalue weighted by atomic mass is 10.2. The molecule has 0 radical (unpaired) electrons. The summed E-state index contributed by atoms with van der Waals surface area (Å²) in [5, 5.41) is 1.58. The summed E-state index contributed by atoms with van der Waals surface area (Å²) >= 11 is 0. The number of hydrogen-bond acceptors (Lipinski definition) is 6. The molecule has 0 bridgehead atoms. The minimum atomic E-state index is -1.36. The molecule has 1 aromatic rings. The van der Waals surface area contributed by atoms with Gasteiger partial charge in [-0.1, -0.05) is 62.2 Å². The summed E-state index contributed by atoms with van der Waals surface area (Å²) in [6.07, 6.45) is 0. The highest BCUT2D eigenvalue weighted by Crippen LogP contribution is 2.19. The summed E-state index contributed by atoms with van der Waals surface area (Å²) in [6, 6.07) is 9.41. The molecule has 0 N–H and O–H groups in total. The van der Waals surface area contributed by atoms with E-state index in [2.05, 4.69) is 61.9 Å². The Bertz CT molecular complexity index is 604. The van der Waals surface area contributed by atoms with Gasteiger partial charge in [-0.25, -0.2) is 0 Å². The van der Waals surface area contributed by atoms with Crippen molar-refractivity contribution in [2.24, 2.45) is 0 Å². The van der Waals surface area contributed by atoms with Crippen molar-refractivity contribution in [2.45, 2.75) is 39.3 Å². The van der Waals surface area contributed by atoms with Crippen LogP contribution in [-0.4, -0.2) is 99.2 Å². The molecule has 1 aliphatic rings. The molecule has 0 saturated carbocycles. The molecular weight excluding hydrogens is 438 g/mol. The zero-order valence-electron chi connectivity index (χ0n) is 21.0. The third-order valence-corrected chi connectivity index (χ3v) is 24.2. The monoisotopic (exact) mass is 483 g/mol. The second-order valence-corrected chi connectivity index (χ2v) is 26.5. The fourth-order valence-electron chi connectivity index (χ4n) is 3.36. The van der Waals surface area contributed by atoms with Gasteiger partial charge in [0.05, 0.1) is 73.7 Å². The van der Waals surface area contributed by atoms with E-state index in [4.69, 9.17) is 23.7 Å². The number of hydrogen-bond donors (Lipinski definition) is 0. The number of nitrogens with zero attached hydrogens (tertiary/aromatic N) is 1. The topological polar surface area (TPSA) is 49.4 Å². The number of rotatable bonds is 4. The quantitative estimate of drug-likeness (QED) is 0.614. The van der Waals surface area contributed by atoms with Crippen LogP contribution in [0.4, 0.5) is 0 Å². The first-order valence-electron chi connectivity index (χ1n) is 12.0. The Morgan fingerprint density at radius 2 is 0.969 bits per heavy atom. The second kappa shape index (κ2) is 14.6. The van der Waals surface area contributed by atoms with Gasteiger partial charge in [0.15, 0.2) is 0 Å². The van der Waals surface area contributed by atoms with Crippen molar-refractivity contribution in [1.82, 2.24) is 4.90 Å². The van der Waals surface area contributed by atoms with Crippen LogP contribution in [0, 0.1) is 0 Å². The van der Waals surface area contributed by atoms with Gasteiger partial charge in [0.25, 0.3) is 0 Å². The van der Waals surface area contributed by atoms with E-state index in [-0.39, 0.29) is 0 Å². The molecule has 1 heterocycles. The molecule has 0 amide bonds. The standard InChI is InChI=1S/C24H45NO5Si2/c1-31(2,3)32(4,5)24-8-6-23(7-9-24)22-25-10-12-26-14-16-28-18-20-30-21-19-29-17-15-27-13-11-25/h6-9H,10-22H2,1-5H3. The SMILES string of the molecule is C[Si](C)(C)[Si](C)(C)c1ccc(CN2CCOCCOCCOCCOCCOCC2)cc1. The average molecular weight is 484 g/mol. The molecule has 0 atom stereocenters. The fourth-order valence-corrected chi connectivity index (χ4v) is 8.32. The second-order valence-electron chi connectivity index (χ2n) is 9.91. The van der Waals surface area contributed by atoms with Crippen molar-refractivity contribution in [3.63, 3.8) is 0 Å². The minimum Gasteiger partial charge on any atom is -0.378 e. The third-order valence-electron chi connectivity index (χ3n) is 6.55. The first-order valence-corrected chi connectivity index (χ1v) is 19.5. The Balaban J connectivity index is 1.89. The van der Waals surface area contributed by atoms with Gasteiger partial charge in [0, 0.05) is 27.2 Å². The predicted octanol–water partition coefficient (Wildman–Crippen LogP) is 2.92. The normalized spacial score (nSPS) is 20.4. The Kier molecular flexibility index (Phi) is 12.6. The van der Waals surface area contributed by atoms with E-state index in [1.807, 2.05) is 0 Å². The predicted molar refractivity (Wildman–Crippen MR) is 136 cm³/mol. The van der Waals surface area contributed by atoms with Crippen molar-refractivity contribution >= 4 is 20.4 Å². The van der Waals surface area contributed by atoms with Gasteiger partial charge in [-0.3, -0.25) is 4.90 Å². The van der Waals surface area contributed by atoms with E-state index in [1.54, 1.807) is 5.19 Å². The average Bonchev–Trinajstić information content (AvgIpc) is 2.74. The Morgan fingerprint density at radius 3 is 1.34 bits per heavy atom. The van der Waals surface area contributed by atoms with Crippen LogP contribution >= 0.6 is 0 Å². The maximum atomic E-state index is 5.79. The first kappa shape index (κ1) is 27.7. The molecule has 2 rings (SSSR count). The Labute approximate surface area is 197 Å². The minimum absolute atomic E-state index is 0.587. The molecule has 0 aromatic heterocycles. The lowest BCUT2D eigenvalue weighted by Gasteiger charge is -2.36. The van der Waals surface area contributed by atoms with E-state index in [9.17, 15) is 0 Å². The van der Waals surface area contributed by atoms with Crippen LogP contribution in [0.1, 0.15) is 5.56 Å². The summed E-state index contributed by atoms with van der Waals surface area (Å²) in [6.45, 7) is 21.4.